The van der Waals surface area contributed by atoms with E-state index in [9.17, 15) is 0 Å². The SMILES string of the molecule is C=CCC(CC(C)COC)NN. The number of hydrazine groups is 1. The lowest BCUT2D eigenvalue weighted by Crippen LogP contribution is -2.36. The molecule has 0 aromatic rings. The molecule has 0 fully saturated rings. The van der Waals surface area contributed by atoms with Gasteiger partial charge in [0.1, 0.15) is 0 Å². The van der Waals surface area contributed by atoms with Crippen molar-refractivity contribution in [2.45, 2.75) is 25.8 Å². The van der Waals surface area contributed by atoms with Gasteiger partial charge in [-0.15, -0.1) is 6.58 Å². The van der Waals surface area contributed by atoms with Crippen LogP contribution in [0.25, 0.3) is 0 Å². The first-order valence-corrected chi connectivity index (χ1v) is 4.30. The standard InChI is InChI=1S/C9H20N2O/c1-4-5-9(11-10)6-8(2)7-12-3/h4,8-9,11H,1,5-7,10H2,2-3H3. The molecule has 3 nitrogen and oxygen atoms in total. The van der Waals surface area contributed by atoms with Gasteiger partial charge in [-0.05, 0) is 18.8 Å². The number of methoxy groups -OCH3 is 1. The van der Waals surface area contributed by atoms with Crippen LogP contribution in [0.3, 0.4) is 0 Å². The molecule has 0 aliphatic carbocycles. The summed E-state index contributed by atoms with van der Waals surface area (Å²) >= 11 is 0. The molecule has 0 bridgehead atoms. The number of hydrogen-bond acceptors (Lipinski definition) is 3. The van der Waals surface area contributed by atoms with Crippen molar-refractivity contribution in [1.82, 2.24) is 5.43 Å². The molecule has 0 heterocycles. The van der Waals surface area contributed by atoms with Crippen molar-refractivity contribution in [2.24, 2.45) is 11.8 Å². The maximum Gasteiger partial charge on any atom is 0.0488 e. The van der Waals surface area contributed by atoms with Crippen LogP contribution in [0.5, 0.6) is 0 Å². The Hall–Kier alpha value is -0.380. The van der Waals surface area contributed by atoms with Gasteiger partial charge in [-0.3, -0.25) is 11.3 Å². The number of nitrogens with one attached hydrogen (secondary N) is 1. The normalized spacial score (nSPS) is 15.6. The largest absolute Gasteiger partial charge is 0.384 e. The third-order valence-corrected chi connectivity index (χ3v) is 1.82. The summed E-state index contributed by atoms with van der Waals surface area (Å²) in [4.78, 5) is 0. The van der Waals surface area contributed by atoms with E-state index < -0.39 is 0 Å². The molecular formula is C9H20N2O. The van der Waals surface area contributed by atoms with Crippen LogP contribution in [0.1, 0.15) is 19.8 Å². The highest BCUT2D eigenvalue weighted by Gasteiger charge is 2.09. The number of ether oxygens (including phenoxy) is 1. The molecule has 0 radical (unpaired) electrons. The van der Waals surface area contributed by atoms with E-state index >= 15 is 0 Å². The Bertz CT molecular complexity index is 117. The molecule has 0 spiro atoms. The fourth-order valence-corrected chi connectivity index (χ4v) is 1.27. The van der Waals surface area contributed by atoms with Gasteiger partial charge in [-0.25, -0.2) is 0 Å². The van der Waals surface area contributed by atoms with Crippen LogP contribution in [0, 0.1) is 5.92 Å². The van der Waals surface area contributed by atoms with Crippen molar-refractivity contribution in [3.05, 3.63) is 12.7 Å². The minimum Gasteiger partial charge on any atom is -0.384 e. The molecule has 2 unspecified atom stereocenters. The van der Waals surface area contributed by atoms with Gasteiger partial charge in [0.25, 0.3) is 0 Å². The second kappa shape index (κ2) is 7.28. The number of hydrogen-bond donors (Lipinski definition) is 2. The van der Waals surface area contributed by atoms with E-state index in [1.54, 1.807) is 7.11 Å². The van der Waals surface area contributed by atoms with Crippen LogP contribution in [0.15, 0.2) is 12.7 Å². The quantitative estimate of drug-likeness (QED) is 0.343. The molecule has 3 heteroatoms. The van der Waals surface area contributed by atoms with E-state index in [0.29, 0.717) is 12.0 Å². The second-order valence-electron chi connectivity index (χ2n) is 3.18. The van der Waals surface area contributed by atoms with Gasteiger partial charge < -0.3 is 4.74 Å². The Balaban J connectivity index is 3.60. The van der Waals surface area contributed by atoms with E-state index in [-0.39, 0.29) is 0 Å². The highest BCUT2D eigenvalue weighted by Crippen LogP contribution is 2.08. The zero-order valence-corrected chi connectivity index (χ0v) is 8.05. The molecule has 12 heavy (non-hydrogen) atoms. The fraction of sp³-hybridized carbons (Fsp3) is 0.778. The van der Waals surface area contributed by atoms with Crippen molar-refractivity contribution in [3.63, 3.8) is 0 Å². The van der Waals surface area contributed by atoms with Gasteiger partial charge in [-0.2, -0.15) is 0 Å². The van der Waals surface area contributed by atoms with E-state index in [4.69, 9.17) is 10.6 Å². The molecule has 3 N–H and O–H groups in total. The minimum atomic E-state index is 0.327. The van der Waals surface area contributed by atoms with Gasteiger partial charge in [0.2, 0.25) is 0 Å². The van der Waals surface area contributed by atoms with Crippen LogP contribution < -0.4 is 11.3 Å². The monoisotopic (exact) mass is 172 g/mol. The predicted octanol–water partition coefficient (Wildman–Crippen LogP) is 1.07. The van der Waals surface area contributed by atoms with Gasteiger partial charge in [-0.1, -0.05) is 13.0 Å². The third-order valence-electron chi connectivity index (χ3n) is 1.82. The smallest absolute Gasteiger partial charge is 0.0488 e. The van der Waals surface area contributed by atoms with Crippen LogP contribution in [-0.2, 0) is 4.74 Å². The predicted molar refractivity (Wildman–Crippen MR) is 51.6 cm³/mol. The van der Waals surface area contributed by atoms with Gasteiger partial charge in [0, 0.05) is 19.8 Å². The third kappa shape index (κ3) is 5.29. The Morgan fingerprint density at radius 1 is 1.67 bits per heavy atom. The van der Waals surface area contributed by atoms with Crippen LogP contribution in [-0.4, -0.2) is 19.8 Å². The van der Waals surface area contributed by atoms with Gasteiger partial charge in [0.05, 0.1) is 0 Å². The maximum atomic E-state index is 5.36. The average molecular weight is 172 g/mol. The number of nitrogens with two attached hydrogens (primary N) is 1. The van der Waals surface area contributed by atoms with E-state index in [1.807, 2.05) is 6.08 Å². The molecular weight excluding hydrogens is 152 g/mol. The lowest BCUT2D eigenvalue weighted by atomic mass is 10.0. The summed E-state index contributed by atoms with van der Waals surface area (Å²) in [6, 6.07) is 0.327. The summed E-state index contributed by atoms with van der Waals surface area (Å²) in [5.74, 6) is 5.90. The molecule has 0 aliphatic heterocycles. The van der Waals surface area contributed by atoms with E-state index in [1.165, 1.54) is 0 Å². The highest BCUT2D eigenvalue weighted by molar-refractivity contribution is 4.77. The lowest BCUT2D eigenvalue weighted by molar-refractivity contribution is 0.149. The van der Waals surface area contributed by atoms with Crippen molar-refractivity contribution >= 4 is 0 Å². The second-order valence-corrected chi connectivity index (χ2v) is 3.18. The topological polar surface area (TPSA) is 47.3 Å². The summed E-state index contributed by atoms with van der Waals surface area (Å²) in [6.07, 6.45) is 3.81. The van der Waals surface area contributed by atoms with Crippen molar-refractivity contribution in [1.29, 1.82) is 0 Å². The lowest BCUT2D eigenvalue weighted by Gasteiger charge is -2.18. The molecule has 0 saturated carbocycles. The summed E-state index contributed by atoms with van der Waals surface area (Å²) in [7, 11) is 1.72. The maximum absolute atomic E-state index is 5.36. The molecule has 0 aromatic carbocycles. The molecule has 0 saturated heterocycles. The minimum absolute atomic E-state index is 0.327. The van der Waals surface area contributed by atoms with Gasteiger partial charge in [0.15, 0.2) is 0 Å². The Morgan fingerprint density at radius 3 is 2.75 bits per heavy atom. The Kier molecular flexibility index (Phi) is 7.05. The Labute approximate surface area is 74.9 Å². The Morgan fingerprint density at radius 2 is 2.33 bits per heavy atom. The first kappa shape index (κ1) is 11.6. The summed E-state index contributed by atoms with van der Waals surface area (Å²) in [6.45, 7) is 6.61. The fourth-order valence-electron chi connectivity index (χ4n) is 1.27. The summed E-state index contributed by atoms with van der Waals surface area (Å²) in [5, 5.41) is 0. The zero-order chi connectivity index (χ0) is 9.40. The molecule has 72 valence electrons. The highest BCUT2D eigenvalue weighted by atomic mass is 16.5. The molecule has 0 aliphatic rings. The zero-order valence-electron chi connectivity index (χ0n) is 8.05. The summed E-state index contributed by atoms with van der Waals surface area (Å²) in [5.41, 5.74) is 2.77. The van der Waals surface area contributed by atoms with Crippen LogP contribution >= 0.6 is 0 Å². The molecule has 0 amide bonds. The summed E-state index contributed by atoms with van der Waals surface area (Å²) < 4.78 is 5.03. The van der Waals surface area contributed by atoms with Crippen molar-refractivity contribution < 1.29 is 4.74 Å². The van der Waals surface area contributed by atoms with Crippen LogP contribution in [0.4, 0.5) is 0 Å². The number of rotatable bonds is 7. The molecule has 0 rings (SSSR count). The van der Waals surface area contributed by atoms with E-state index in [0.717, 1.165) is 19.4 Å². The van der Waals surface area contributed by atoms with Crippen LogP contribution in [0.2, 0.25) is 0 Å². The van der Waals surface area contributed by atoms with Gasteiger partial charge >= 0.3 is 0 Å². The molecule has 0 aromatic heterocycles. The van der Waals surface area contributed by atoms with Crippen molar-refractivity contribution in [2.75, 3.05) is 13.7 Å². The first-order chi connectivity index (χ1) is 5.74. The first-order valence-electron chi connectivity index (χ1n) is 4.30. The van der Waals surface area contributed by atoms with E-state index in [2.05, 4.69) is 18.9 Å². The molecule has 2 atom stereocenters. The average Bonchev–Trinajstić information content (AvgIpc) is 2.04. The van der Waals surface area contributed by atoms with Crippen molar-refractivity contribution in [3.8, 4) is 0 Å².